The summed E-state index contributed by atoms with van der Waals surface area (Å²) in [4.78, 5) is 17.2. The molecule has 27 heavy (non-hydrogen) atoms. The third-order valence-electron chi connectivity index (χ3n) is 4.23. The van der Waals surface area contributed by atoms with Crippen molar-refractivity contribution < 1.29 is 4.79 Å². The van der Waals surface area contributed by atoms with E-state index in [0.717, 1.165) is 29.7 Å². The van der Waals surface area contributed by atoms with Gasteiger partial charge in [-0.15, -0.1) is 0 Å². The number of carbonyl (C=O) groups is 1. The number of pyridine rings is 1. The fourth-order valence-electron chi connectivity index (χ4n) is 2.91. The number of rotatable bonds is 6. The second kappa shape index (κ2) is 8.57. The third kappa shape index (κ3) is 4.16. The Morgan fingerprint density at radius 3 is 2.48 bits per heavy atom. The highest BCUT2D eigenvalue weighted by atomic mass is 35.5. The molecular formula is C20H20Cl2N4O. The predicted octanol–water partition coefficient (Wildman–Crippen LogP) is 4.73. The summed E-state index contributed by atoms with van der Waals surface area (Å²) in [5.74, 6) is -0.369. The van der Waals surface area contributed by atoms with Gasteiger partial charge in [0.15, 0.2) is 0 Å². The number of likely N-dealkylation sites (N-methyl/N-ethyl adjacent to an activating group) is 1. The highest BCUT2D eigenvalue weighted by Gasteiger charge is 2.17. The van der Waals surface area contributed by atoms with E-state index in [0.29, 0.717) is 21.2 Å². The van der Waals surface area contributed by atoms with Gasteiger partial charge in [0.05, 0.1) is 26.8 Å². The van der Waals surface area contributed by atoms with Crippen LogP contribution in [0.15, 0.2) is 42.6 Å². The molecule has 0 unspecified atom stereocenters. The van der Waals surface area contributed by atoms with E-state index in [4.69, 9.17) is 23.2 Å². The standard InChI is InChI=1S/C20H20Cl2N4O/c1-12-6-7-16(26-20(27)18-13(21)4-3-5-14(18)22)19-17(12)15(8-9-25-19)24-11-10-23-2/h3-9,23H,10-11H2,1-2H3,(H,24,25)(H,26,27). The van der Waals surface area contributed by atoms with Gasteiger partial charge in [0, 0.05) is 30.4 Å². The fraction of sp³-hybridized carbons (Fsp3) is 0.200. The largest absolute Gasteiger partial charge is 0.383 e. The second-order valence-corrected chi connectivity index (χ2v) is 6.91. The number of fused-ring (bicyclic) bond motifs is 1. The zero-order valence-corrected chi connectivity index (χ0v) is 16.6. The van der Waals surface area contributed by atoms with E-state index < -0.39 is 0 Å². The van der Waals surface area contributed by atoms with Gasteiger partial charge in [-0.25, -0.2) is 0 Å². The van der Waals surface area contributed by atoms with Crippen LogP contribution in [0.5, 0.6) is 0 Å². The molecule has 2 aromatic carbocycles. The summed E-state index contributed by atoms with van der Waals surface area (Å²) in [5.41, 5.74) is 3.60. The molecule has 0 atom stereocenters. The number of amides is 1. The summed E-state index contributed by atoms with van der Waals surface area (Å²) in [6, 6.07) is 10.7. The molecule has 1 heterocycles. The number of aromatic nitrogens is 1. The van der Waals surface area contributed by atoms with E-state index in [9.17, 15) is 4.79 Å². The fourth-order valence-corrected chi connectivity index (χ4v) is 3.47. The number of benzene rings is 2. The van der Waals surface area contributed by atoms with Gasteiger partial charge in [-0.2, -0.15) is 0 Å². The first-order valence-corrected chi connectivity index (χ1v) is 9.30. The molecule has 0 bridgehead atoms. The van der Waals surface area contributed by atoms with Crippen LogP contribution < -0.4 is 16.0 Å². The Morgan fingerprint density at radius 1 is 1.04 bits per heavy atom. The maximum atomic E-state index is 12.7. The summed E-state index contributed by atoms with van der Waals surface area (Å²) >= 11 is 12.3. The molecule has 0 aliphatic heterocycles. The van der Waals surface area contributed by atoms with Crippen LogP contribution in [0.25, 0.3) is 10.9 Å². The van der Waals surface area contributed by atoms with E-state index in [1.54, 1.807) is 24.4 Å². The Bertz CT molecular complexity index is 971. The Labute approximate surface area is 168 Å². The molecule has 3 aromatic rings. The lowest BCUT2D eigenvalue weighted by Crippen LogP contribution is -2.18. The first-order valence-electron chi connectivity index (χ1n) is 8.55. The summed E-state index contributed by atoms with van der Waals surface area (Å²) in [6.07, 6.45) is 1.72. The summed E-state index contributed by atoms with van der Waals surface area (Å²) < 4.78 is 0. The number of aryl methyl sites for hydroxylation is 1. The van der Waals surface area contributed by atoms with Gasteiger partial charge in [0.1, 0.15) is 0 Å². The first kappa shape index (κ1) is 19.4. The minimum atomic E-state index is -0.369. The van der Waals surface area contributed by atoms with Crippen LogP contribution in [0.2, 0.25) is 10.0 Å². The zero-order chi connectivity index (χ0) is 19.4. The molecule has 140 valence electrons. The van der Waals surface area contributed by atoms with Gasteiger partial charge in [-0.1, -0.05) is 35.3 Å². The first-order chi connectivity index (χ1) is 13.0. The Kier molecular flexibility index (Phi) is 6.16. The zero-order valence-electron chi connectivity index (χ0n) is 15.1. The molecule has 5 nitrogen and oxygen atoms in total. The van der Waals surface area contributed by atoms with Crippen LogP contribution in [-0.2, 0) is 0 Å². The number of hydrogen-bond acceptors (Lipinski definition) is 4. The normalized spacial score (nSPS) is 10.8. The molecule has 0 spiro atoms. The molecule has 7 heteroatoms. The quantitative estimate of drug-likeness (QED) is 0.521. The molecule has 0 aliphatic carbocycles. The van der Waals surface area contributed by atoms with Crippen molar-refractivity contribution in [2.75, 3.05) is 30.8 Å². The van der Waals surface area contributed by atoms with E-state index in [1.165, 1.54) is 0 Å². The molecule has 0 saturated carbocycles. The van der Waals surface area contributed by atoms with Crippen molar-refractivity contribution in [2.24, 2.45) is 0 Å². The smallest absolute Gasteiger partial charge is 0.258 e. The lowest BCUT2D eigenvalue weighted by molar-refractivity contribution is 0.102. The minimum absolute atomic E-state index is 0.248. The number of hydrogen-bond donors (Lipinski definition) is 3. The van der Waals surface area contributed by atoms with E-state index >= 15 is 0 Å². The molecule has 0 saturated heterocycles. The monoisotopic (exact) mass is 402 g/mol. The molecule has 3 rings (SSSR count). The predicted molar refractivity (Wildman–Crippen MR) is 113 cm³/mol. The molecule has 1 aromatic heterocycles. The van der Waals surface area contributed by atoms with Gasteiger partial charge in [0.2, 0.25) is 0 Å². The van der Waals surface area contributed by atoms with Crippen LogP contribution >= 0.6 is 23.2 Å². The number of carbonyl (C=O) groups excluding carboxylic acids is 1. The van der Waals surface area contributed by atoms with Crippen LogP contribution in [0.3, 0.4) is 0 Å². The Hall–Kier alpha value is -2.34. The summed E-state index contributed by atoms with van der Waals surface area (Å²) in [5, 5.41) is 11.0. The van der Waals surface area contributed by atoms with Crippen molar-refractivity contribution in [1.82, 2.24) is 10.3 Å². The maximum Gasteiger partial charge on any atom is 0.258 e. The molecule has 0 aliphatic rings. The number of nitrogens with one attached hydrogen (secondary N) is 3. The number of nitrogens with zero attached hydrogens (tertiary/aromatic N) is 1. The van der Waals surface area contributed by atoms with Crippen molar-refractivity contribution in [1.29, 1.82) is 0 Å². The van der Waals surface area contributed by atoms with E-state index in [-0.39, 0.29) is 11.5 Å². The second-order valence-electron chi connectivity index (χ2n) is 6.09. The van der Waals surface area contributed by atoms with Crippen LogP contribution in [-0.4, -0.2) is 31.0 Å². The van der Waals surface area contributed by atoms with E-state index in [2.05, 4.69) is 20.9 Å². The van der Waals surface area contributed by atoms with Crippen LogP contribution in [0.4, 0.5) is 11.4 Å². The van der Waals surface area contributed by atoms with Crippen molar-refractivity contribution in [3.8, 4) is 0 Å². The molecule has 1 amide bonds. The summed E-state index contributed by atoms with van der Waals surface area (Å²) in [7, 11) is 1.91. The number of halogens is 2. The minimum Gasteiger partial charge on any atom is -0.383 e. The topological polar surface area (TPSA) is 66.1 Å². The summed E-state index contributed by atoms with van der Waals surface area (Å²) in [6.45, 7) is 3.63. The maximum absolute atomic E-state index is 12.7. The molecule has 3 N–H and O–H groups in total. The Morgan fingerprint density at radius 2 is 1.78 bits per heavy atom. The van der Waals surface area contributed by atoms with Crippen LogP contribution in [0.1, 0.15) is 15.9 Å². The highest BCUT2D eigenvalue weighted by molar-refractivity contribution is 6.40. The SMILES string of the molecule is CNCCNc1ccnc2c(NC(=O)c3c(Cl)cccc3Cl)ccc(C)c12. The van der Waals surface area contributed by atoms with Gasteiger partial charge in [-0.05, 0) is 43.8 Å². The molecule has 0 radical (unpaired) electrons. The third-order valence-corrected chi connectivity index (χ3v) is 4.86. The lowest BCUT2D eigenvalue weighted by Gasteiger charge is -2.15. The van der Waals surface area contributed by atoms with Crippen molar-refractivity contribution in [3.63, 3.8) is 0 Å². The van der Waals surface area contributed by atoms with Gasteiger partial charge in [-0.3, -0.25) is 9.78 Å². The van der Waals surface area contributed by atoms with E-state index in [1.807, 2.05) is 32.2 Å². The lowest BCUT2D eigenvalue weighted by atomic mass is 10.1. The molecule has 0 fully saturated rings. The average molecular weight is 403 g/mol. The van der Waals surface area contributed by atoms with Gasteiger partial charge >= 0.3 is 0 Å². The van der Waals surface area contributed by atoms with Crippen molar-refractivity contribution >= 4 is 51.4 Å². The Balaban J connectivity index is 1.99. The van der Waals surface area contributed by atoms with Crippen molar-refractivity contribution in [3.05, 3.63) is 63.8 Å². The number of anilines is 2. The molecular weight excluding hydrogens is 383 g/mol. The highest BCUT2D eigenvalue weighted by Crippen LogP contribution is 2.32. The average Bonchev–Trinajstić information content (AvgIpc) is 2.64. The van der Waals surface area contributed by atoms with Crippen molar-refractivity contribution in [2.45, 2.75) is 6.92 Å². The van der Waals surface area contributed by atoms with Crippen LogP contribution in [0, 0.1) is 6.92 Å². The van der Waals surface area contributed by atoms with Gasteiger partial charge in [0.25, 0.3) is 5.91 Å². The van der Waals surface area contributed by atoms with Gasteiger partial charge < -0.3 is 16.0 Å².